The Morgan fingerprint density at radius 3 is 2.82 bits per heavy atom. The molecule has 22 heavy (non-hydrogen) atoms. The Bertz CT molecular complexity index is 814. The summed E-state index contributed by atoms with van der Waals surface area (Å²) in [5.41, 5.74) is 3.29. The number of amides is 1. The summed E-state index contributed by atoms with van der Waals surface area (Å²) in [5, 5.41) is 10.2. The molecule has 0 saturated heterocycles. The molecular formula is C16H13ClN4O. The fraction of sp³-hybridized carbons (Fsp3) is 0.0625. The molecule has 3 rings (SSSR count). The van der Waals surface area contributed by atoms with Crippen LogP contribution in [0.2, 0.25) is 5.02 Å². The fourth-order valence-corrected chi connectivity index (χ4v) is 2.17. The lowest BCUT2D eigenvalue weighted by molar-refractivity contribution is 0.102. The van der Waals surface area contributed by atoms with Gasteiger partial charge in [-0.05, 0) is 42.8 Å². The lowest BCUT2D eigenvalue weighted by atomic mass is 10.2. The van der Waals surface area contributed by atoms with Crippen molar-refractivity contribution in [3.8, 4) is 11.4 Å². The van der Waals surface area contributed by atoms with Crippen LogP contribution in [0.3, 0.4) is 0 Å². The van der Waals surface area contributed by atoms with E-state index < -0.39 is 0 Å². The van der Waals surface area contributed by atoms with Gasteiger partial charge >= 0.3 is 0 Å². The fourth-order valence-electron chi connectivity index (χ4n) is 2.00. The van der Waals surface area contributed by atoms with E-state index in [1.165, 1.54) is 0 Å². The molecule has 0 aliphatic rings. The van der Waals surface area contributed by atoms with Crippen molar-refractivity contribution in [2.24, 2.45) is 0 Å². The summed E-state index contributed by atoms with van der Waals surface area (Å²) in [7, 11) is 0. The number of aromatic amines is 1. The minimum absolute atomic E-state index is 0.278. The third kappa shape index (κ3) is 2.99. The zero-order chi connectivity index (χ0) is 15.5. The van der Waals surface area contributed by atoms with Crippen molar-refractivity contribution in [1.29, 1.82) is 0 Å². The molecule has 6 heteroatoms. The van der Waals surface area contributed by atoms with Crippen LogP contribution < -0.4 is 5.32 Å². The second-order valence-corrected chi connectivity index (χ2v) is 5.23. The number of benzene rings is 1. The molecule has 2 N–H and O–H groups in total. The predicted molar refractivity (Wildman–Crippen MR) is 86.0 cm³/mol. The quantitative estimate of drug-likeness (QED) is 0.775. The van der Waals surface area contributed by atoms with E-state index in [-0.39, 0.29) is 5.91 Å². The SMILES string of the molecule is Cc1ccc(Cl)cc1NC(=O)c1cc(-c2ccccn2)n[nH]1. The van der Waals surface area contributed by atoms with Crippen LogP contribution in [-0.2, 0) is 0 Å². The minimum Gasteiger partial charge on any atom is -0.320 e. The van der Waals surface area contributed by atoms with Crippen LogP contribution in [0.4, 0.5) is 5.69 Å². The van der Waals surface area contributed by atoms with Gasteiger partial charge in [0, 0.05) is 16.9 Å². The number of nitrogens with zero attached hydrogens (tertiary/aromatic N) is 2. The van der Waals surface area contributed by atoms with E-state index >= 15 is 0 Å². The zero-order valence-electron chi connectivity index (χ0n) is 11.8. The number of pyridine rings is 1. The summed E-state index contributed by atoms with van der Waals surface area (Å²) in [4.78, 5) is 16.5. The Balaban J connectivity index is 1.81. The van der Waals surface area contributed by atoms with E-state index in [4.69, 9.17) is 11.6 Å². The van der Waals surface area contributed by atoms with Gasteiger partial charge in [0.2, 0.25) is 0 Å². The predicted octanol–water partition coefficient (Wildman–Crippen LogP) is 3.69. The van der Waals surface area contributed by atoms with E-state index in [0.29, 0.717) is 27.8 Å². The average Bonchev–Trinajstić information content (AvgIpc) is 3.02. The number of hydrogen-bond donors (Lipinski definition) is 2. The summed E-state index contributed by atoms with van der Waals surface area (Å²) in [6.45, 7) is 1.90. The molecular weight excluding hydrogens is 300 g/mol. The van der Waals surface area contributed by atoms with Crippen molar-refractivity contribution in [2.45, 2.75) is 6.92 Å². The Hall–Kier alpha value is -2.66. The zero-order valence-corrected chi connectivity index (χ0v) is 12.6. The molecule has 110 valence electrons. The maximum atomic E-state index is 12.3. The Morgan fingerprint density at radius 1 is 1.18 bits per heavy atom. The highest BCUT2D eigenvalue weighted by Gasteiger charge is 2.13. The van der Waals surface area contributed by atoms with Gasteiger partial charge in [0.15, 0.2) is 0 Å². The summed E-state index contributed by atoms with van der Waals surface area (Å²) in [5.74, 6) is -0.278. The Kier molecular flexibility index (Phi) is 3.89. The lowest BCUT2D eigenvalue weighted by Gasteiger charge is -2.07. The van der Waals surface area contributed by atoms with Crippen LogP contribution in [0.5, 0.6) is 0 Å². The molecule has 0 spiro atoms. The monoisotopic (exact) mass is 312 g/mol. The van der Waals surface area contributed by atoms with Gasteiger partial charge in [0.05, 0.1) is 5.69 Å². The van der Waals surface area contributed by atoms with Crippen LogP contribution in [-0.4, -0.2) is 21.1 Å². The van der Waals surface area contributed by atoms with Crippen molar-refractivity contribution < 1.29 is 4.79 Å². The number of hydrogen-bond acceptors (Lipinski definition) is 3. The van der Waals surface area contributed by atoms with Crippen molar-refractivity contribution in [2.75, 3.05) is 5.32 Å². The van der Waals surface area contributed by atoms with Crippen LogP contribution >= 0.6 is 11.6 Å². The number of carbonyl (C=O) groups excluding carboxylic acids is 1. The molecule has 0 aliphatic heterocycles. The van der Waals surface area contributed by atoms with Crippen LogP contribution in [0.15, 0.2) is 48.7 Å². The van der Waals surface area contributed by atoms with Crippen LogP contribution in [0, 0.1) is 6.92 Å². The summed E-state index contributed by atoms with van der Waals surface area (Å²) < 4.78 is 0. The van der Waals surface area contributed by atoms with Crippen LogP contribution in [0.25, 0.3) is 11.4 Å². The summed E-state index contributed by atoms with van der Waals surface area (Å²) >= 11 is 5.95. The molecule has 5 nitrogen and oxygen atoms in total. The Labute approximate surface area is 132 Å². The molecule has 0 saturated carbocycles. The number of H-pyrrole nitrogens is 1. The van der Waals surface area contributed by atoms with Crippen molar-refractivity contribution in [1.82, 2.24) is 15.2 Å². The number of carbonyl (C=O) groups is 1. The summed E-state index contributed by atoms with van der Waals surface area (Å²) in [6.07, 6.45) is 1.68. The van der Waals surface area contributed by atoms with Gasteiger partial charge in [-0.15, -0.1) is 0 Å². The molecule has 0 bridgehead atoms. The Morgan fingerprint density at radius 2 is 2.05 bits per heavy atom. The molecule has 0 radical (unpaired) electrons. The summed E-state index contributed by atoms with van der Waals surface area (Å²) in [6, 6.07) is 12.5. The number of anilines is 1. The van der Waals surface area contributed by atoms with Gasteiger partial charge in [-0.3, -0.25) is 14.9 Å². The van der Waals surface area contributed by atoms with Gasteiger partial charge in [0.1, 0.15) is 11.4 Å². The third-order valence-electron chi connectivity index (χ3n) is 3.20. The van der Waals surface area contributed by atoms with Crippen molar-refractivity contribution in [3.63, 3.8) is 0 Å². The van der Waals surface area contributed by atoms with E-state index in [9.17, 15) is 4.79 Å². The number of aromatic nitrogens is 3. The lowest BCUT2D eigenvalue weighted by Crippen LogP contribution is -2.13. The molecule has 1 aromatic carbocycles. The third-order valence-corrected chi connectivity index (χ3v) is 3.43. The standard InChI is InChI=1S/C16H13ClN4O/c1-10-5-6-11(17)8-13(10)19-16(22)15-9-14(20-21-15)12-4-2-3-7-18-12/h2-9H,1H3,(H,19,22)(H,20,21). The smallest absolute Gasteiger partial charge is 0.273 e. The number of nitrogens with one attached hydrogen (secondary N) is 2. The van der Waals surface area contributed by atoms with Crippen molar-refractivity contribution >= 4 is 23.2 Å². The van der Waals surface area contributed by atoms with Gasteiger partial charge in [-0.25, -0.2) is 0 Å². The molecule has 1 amide bonds. The molecule has 0 unspecified atom stereocenters. The molecule has 3 aromatic rings. The highest BCUT2D eigenvalue weighted by Crippen LogP contribution is 2.21. The van der Waals surface area contributed by atoms with Gasteiger partial charge in [0.25, 0.3) is 5.91 Å². The first-order chi connectivity index (χ1) is 10.6. The second kappa shape index (κ2) is 5.99. The topological polar surface area (TPSA) is 70.7 Å². The molecule has 0 fully saturated rings. The first kappa shape index (κ1) is 14.3. The van der Waals surface area contributed by atoms with Gasteiger partial charge < -0.3 is 5.32 Å². The molecule has 2 heterocycles. The minimum atomic E-state index is -0.278. The highest BCUT2D eigenvalue weighted by atomic mass is 35.5. The molecule has 0 aliphatic carbocycles. The van der Waals surface area contributed by atoms with E-state index in [0.717, 1.165) is 5.56 Å². The van der Waals surface area contributed by atoms with E-state index in [2.05, 4.69) is 20.5 Å². The highest BCUT2D eigenvalue weighted by molar-refractivity contribution is 6.31. The normalized spacial score (nSPS) is 10.5. The van der Waals surface area contributed by atoms with Gasteiger partial charge in [-0.1, -0.05) is 23.7 Å². The van der Waals surface area contributed by atoms with Crippen LogP contribution in [0.1, 0.15) is 16.1 Å². The van der Waals surface area contributed by atoms with E-state index in [1.807, 2.05) is 31.2 Å². The molecule has 0 atom stereocenters. The average molecular weight is 313 g/mol. The first-order valence-electron chi connectivity index (χ1n) is 6.68. The molecule has 2 aromatic heterocycles. The number of rotatable bonds is 3. The van der Waals surface area contributed by atoms with Gasteiger partial charge in [-0.2, -0.15) is 5.10 Å². The largest absolute Gasteiger partial charge is 0.320 e. The maximum Gasteiger partial charge on any atom is 0.273 e. The van der Waals surface area contributed by atoms with E-state index in [1.54, 1.807) is 24.4 Å². The maximum absolute atomic E-state index is 12.3. The number of halogens is 1. The first-order valence-corrected chi connectivity index (χ1v) is 7.05. The number of aryl methyl sites for hydroxylation is 1. The van der Waals surface area contributed by atoms with Crippen molar-refractivity contribution in [3.05, 3.63) is 64.9 Å². The second-order valence-electron chi connectivity index (χ2n) is 4.80.